The molecule has 1 aliphatic carbocycles. The predicted molar refractivity (Wildman–Crippen MR) is 121 cm³/mol. The first kappa shape index (κ1) is 31.4. The van der Waals surface area contributed by atoms with Gasteiger partial charge in [0.15, 0.2) is 0 Å². The molecule has 2 atom stereocenters. The summed E-state index contributed by atoms with van der Waals surface area (Å²) in [6.07, 6.45) is -1.32. The Hall–Kier alpha value is -2.84. The normalized spacial score (nSPS) is 22.3. The highest BCUT2D eigenvalue weighted by Crippen LogP contribution is 2.35. The third-order valence-corrected chi connectivity index (χ3v) is 6.86. The minimum Gasteiger partial charge on any atom is -0.475 e. The zero-order valence-electron chi connectivity index (χ0n) is 21.1. The number of rotatable bonds is 4. The lowest BCUT2D eigenvalue weighted by molar-refractivity contribution is -0.193. The molecule has 3 fully saturated rings. The number of aromatic nitrogens is 2. The Balaban J connectivity index is 0.000000301. The Morgan fingerprint density at radius 3 is 1.95 bits per heavy atom. The molecule has 15 heteroatoms. The molecule has 216 valence electrons. The zero-order chi connectivity index (χ0) is 28.8. The summed E-state index contributed by atoms with van der Waals surface area (Å²) < 4.78 is 65.4. The van der Waals surface area contributed by atoms with E-state index in [1.54, 1.807) is 0 Å². The van der Waals surface area contributed by atoms with Crippen molar-refractivity contribution in [3.63, 3.8) is 0 Å². The first-order valence-corrected chi connectivity index (χ1v) is 12.1. The smallest absolute Gasteiger partial charge is 0.475 e. The molecule has 3 aliphatic rings. The molecule has 1 amide bonds. The lowest BCUT2D eigenvalue weighted by atomic mass is 9.89. The van der Waals surface area contributed by atoms with Crippen molar-refractivity contribution in [3.05, 3.63) is 17.5 Å². The second kappa shape index (κ2) is 12.8. The topological polar surface area (TPSA) is 116 Å². The first-order chi connectivity index (χ1) is 17.5. The fourth-order valence-electron chi connectivity index (χ4n) is 5.13. The lowest BCUT2D eigenvalue weighted by Crippen LogP contribution is -2.39. The second-order valence-corrected chi connectivity index (χ2v) is 9.65. The fraction of sp³-hybridized carbons (Fsp3) is 0.739. The highest BCUT2D eigenvalue weighted by molar-refractivity contribution is 5.80. The van der Waals surface area contributed by atoms with Crippen molar-refractivity contribution in [3.8, 4) is 0 Å². The molecule has 2 N–H and O–H groups in total. The molecule has 0 radical (unpaired) electrons. The standard InChI is InChI=1S/C19H30N4O.2C2HF3O2/c1-14-10-16(21(2)20-14)13-23-17-8-9-22(18(17)11-19(23)24)12-15-6-4-3-5-7-15;2*3-2(4,5)1(6)7/h10,15,17-18H,3-9,11-13H2,1-2H3;2*(H,6,7)/t17-,18-;;/m0../s1. The van der Waals surface area contributed by atoms with Crippen molar-refractivity contribution in [2.75, 3.05) is 13.1 Å². The SMILES string of the molecule is Cc1cc(CN2C(=O)C[C@H]3[C@@H]2CCN3CC2CCCCC2)n(C)n1.O=C(O)C(F)(F)F.O=C(O)C(F)(F)F. The molecular weight excluding hydrogens is 526 g/mol. The number of alkyl halides is 6. The molecule has 1 saturated carbocycles. The van der Waals surface area contributed by atoms with Gasteiger partial charge in [-0.05, 0) is 38.2 Å². The predicted octanol–water partition coefficient (Wildman–Crippen LogP) is 3.75. The number of carboxylic acids is 2. The van der Waals surface area contributed by atoms with Crippen LogP contribution in [0.3, 0.4) is 0 Å². The molecule has 1 aromatic heterocycles. The van der Waals surface area contributed by atoms with Gasteiger partial charge in [0.2, 0.25) is 5.91 Å². The van der Waals surface area contributed by atoms with Gasteiger partial charge in [-0.2, -0.15) is 31.4 Å². The number of aliphatic carboxylic acids is 2. The molecule has 0 bridgehead atoms. The summed E-state index contributed by atoms with van der Waals surface area (Å²) >= 11 is 0. The number of hydrogen-bond donors (Lipinski definition) is 2. The van der Waals surface area contributed by atoms with E-state index >= 15 is 0 Å². The summed E-state index contributed by atoms with van der Waals surface area (Å²) in [4.78, 5) is 35.2. The molecule has 0 unspecified atom stereocenters. The summed E-state index contributed by atoms with van der Waals surface area (Å²) in [6, 6.07) is 2.97. The number of halogens is 6. The summed E-state index contributed by atoms with van der Waals surface area (Å²) in [5.74, 6) is -4.32. The third kappa shape index (κ3) is 8.88. The maximum absolute atomic E-state index is 12.6. The molecule has 2 aliphatic heterocycles. The lowest BCUT2D eigenvalue weighted by Gasteiger charge is -2.30. The molecule has 0 spiro atoms. The maximum Gasteiger partial charge on any atom is 0.490 e. The van der Waals surface area contributed by atoms with Crippen LogP contribution in [0.1, 0.15) is 56.3 Å². The van der Waals surface area contributed by atoms with Crippen LogP contribution < -0.4 is 0 Å². The van der Waals surface area contributed by atoms with Crippen molar-refractivity contribution < 1.29 is 50.9 Å². The van der Waals surface area contributed by atoms with E-state index in [1.807, 2.05) is 18.7 Å². The molecule has 4 rings (SSSR count). The monoisotopic (exact) mass is 558 g/mol. The van der Waals surface area contributed by atoms with E-state index in [2.05, 4.69) is 21.0 Å². The number of carbonyl (C=O) groups excluding carboxylic acids is 1. The van der Waals surface area contributed by atoms with Gasteiger partial charge < -0.3 is 15.1 Å². The number of fused-ring (bicyclic) bond motifs is 1. The average molecular weight is 559 g/mol. The van der Waals surface area contributed by atoms with Crippen molar-refractivity contribution >= 4 is 17.8 Å². The number of hydrogen-bond acceptors (Lipinski definition) is 5. The number of carboxylic acid groups (broad SMARTS) is 2. The summed E-state index contributed by atoms with van der Waals surface area (Å²) in [5.41, 5.74) is 2.17. The average Bonchev–Trinajstić information content (AvgIpc) is 3.43. The van der Waals surface area contributed by atoms with Crippen molar-refractivity contribution in [2.45, 2.75) is 82.9 Å². The Kier molecular flexibility index (Phi) is 10.6. The summed E-state index contributed by atoms with van der Waals surface area (Å²) in [6.45, 7) is 5.11. The second-order valence-electron chi connectivity index (χ2n) is 9.65. The highest BCUT2D eigenvalue weighted by Gasteiger charge is 2.47. The fourth-order valence-corrected chi connectivity index (χ4v) is 5.13. The van der Waals surface area contributed by atoms with Crippen molar-refractivity contribution in [1.29, 1.82) is 0 Å². The van der Waals surface area contributed by atoms with Crippen LogP contribution in [0.25, 0.3) is 0 Å². The quantitative estimate of drug-likeness (QED) is 0.541. The number of amides is 1. The van der Waals surface area contributed by atoms with Gasteiger partial charge in [0.1, 0.15) is 0 Å². The highest BCUT2D eigenvalue weighted by atomic mass is 19.4. The molecule has 38 heavy (non-hydrogen) atoms. The van der Waals surface area contributed by atoms with Gasteiger partial charge in [-0.15, -0.1) is 0 Å². The molecule has 3 heterocycles. The van der Waals surface area contributed by atoms with Crippen molar-refractivity contribution in [2.24, 2.45) is 13.0 Å². The van der Waals surface area contributed by atoms with E-state index < -0.39 is 24.3 Å². The number of nitrogens with zero attached hydrogens (tertiary/aromatic N) is 4. The van der Waals surface area contributed by atoms with Crippen molar-refractivity contribution in [1.82, 2.24) is 19.6 Å². The molecular formula is C23H32F6N4O5. The van der Waals surface area contributed by atoms with Crippen LogP contribution >= 0.6 is 0 Å². The Morgan fingerprint density at radius 1 is 0.974 bits per heavy atom. The Morgan fingerprint density at radius 2 is 1.50 bits per heavy atom. The number of carbonyl (C=O) groups is 3. The molecule has 0 aromatic carbocycles. The largest absolute Gasteiger partial charge is 0.490 e. The maximum atomic E-state index is 12.6. The van der Waals surface area contributed by atoms with Crippen LogP contribution in [0.15, 0.2) is 6.07 Å². The van der Waals surface area contributed by atoms with Gasteiger partial charge in [-0.3, -0.25) is 14.4 Å². The number of likely N-dealkylation sites (tertiary alicyclic amines) is 2. The van der Waals surface area contributed by atoms with Gasteiger partial charge >= 0.3 is 24.3 Å². The molecule has 2 saturated heterocycles. The minimum atomic E-state index is -5.08. The third-order valence-electron chi connectivity index (χ3n) is 6.86. The van der Waals surface area contributed by atoms with Crippen LogP contribution in [-0.2, 0) is 28.0 Å². The first-order valence-electron chi connectivity index (χ1n) is 12.1. The Labute approximate surface area is 215 Å². The van der Waals surface area contributed by atoms with E-state index in [9.17, 15) is 31.1 Å². The summed E-state index contributed by atoms with van der Waals surface area (Å²) in [7, 11) is 1.98. The van der Waals surface area contributed by atoms with Crippen LogP contribution in [0.4, 0.5) is 26.3 Å². The minimum absolute atomic E-state index is 0.331. The van der Waals surface area contributed by atoms with Crippen LogP contribution in [0.2, 0.25) is 0 Å². The van der Waals surface area contributed by atoms with E-state index in [1.165, 1.54) is 45.2 Å². The van der Waals surface area contributed by atoms with E-state index in [0.717, 1.165) is 23.7 Å². The van der Waals surface area contributed by atoms with Gasteiger partial charge in [0.05, 0.1) is 17.9 Å². The van der Waals surface area contributed by atoms with Crippen LogP contribution in [0, 0.1) is 12.8 Å². The zero-order valence-corrected chi connectivity index (χ0v) is 21.1. The van der Waals surface area contributed by atoms with Gasteiger partial charge in [-0.25, -0.2) is 9.59 Å². The molecule has 9 nitrogen and oxygen atoms in total. The number of aryl methyl sites for hydroxylation is 2. The Bertz CT molecular complexity index is 950. The van der Waals surface area contributed by atoms with E-state index in [0.29, 0.717) is 31.0 Å². The van der Waals surface area contributed by atoms with Crippen LogP contribution in [-0.4, -0.2) is 85.2 Å². The molecule has 1 aromatic rings. The van der Waals surface area contributed by atoms with Crippen LogP contribution in [0.5, 0.6) is 0 Å². The summed E-state index contributed by atoms with van der Waals surface area (Å²) in [5, 5.41) is 18.7. The van der Waals surface area contributed by atoms with E-state index in [4.69, 9.17) is 19.8 Å². The van der Waals surface area contributed by atoms with Gasteiger partial charge in [-0.1, -0.05) is 19.3 Å². The van der Waals surface area contributed by atoms with Gasteiger partial charge in [0, 0.05) is 38.6 Å². The van der Waals surface area contributed by atoms with E-state index in [-0.39, 0.29) is 0 Å². The van der Waals surface area contributed by atoms with Gasteiger partial charge in [0.25, 0.3) is 0 Å².